The van der Waals surface area contributed by atoms with Gasteiger partial charge in [0, 0.05) is 38.7 Å². The van der Waals surface area contributed by atoms with E-state index in [1.807, 2.05) is 0 Å². The van der Waals surface area contributed by atoms with Gasteiger partial charge in [-0.2, -0.15) is 0 Å². The fourth-order valence-electron chi connectivity index (χ4n) is 9.59. The van der Waals surface area contributed by atoms with E-state index in [0.29, 0.717) is 0 Å². The molecule has 2 nitrogen and oxygen atoms in total. The van der Waals surface area contributed by atoms with Crippen LogP contribution in [0.2, 0.25) is 0 Å². The third-order valence-corrected chi connectivity index (χ3v) is 12.7. The molecule has 0 saturated carbocycles. The van der Waals surface area contributed by atoms with Crippen molar-refractivity contribution < 1.29 is 4.42 Å². The highest BCUT2D eigenvalue weighted by Gasteiger charge is 2.19. The SMILES string of the molecule is c1ccc(-c2ccc(-c3ccc(N(c4ccc(-c5cccc6c5oc5c(-c7ccccc7)cccc56)cc4)c4cccc5ccccc45)cc3)cc2-c2cccc3ccccc23)cc1. The highest BCUT2D eigenvalue weighted by atomic mass is 16.3. The molecule has 0 saturated heterocycles. The number of hydrogen-bond acceptors (Lipinski definition) is 2. The molecule has 0 spiro atoms. The molecule has 2 heteroatoms. The van der Waals surface area contributed by atoms with Crippen molar-refractivity contribution in [1.82, 2.24) is 0 Å². The normalized spacial score (nSPS) is 11.4. The summed E-state index contributed by atoms with van der Waals surface area (Å²) >= 11 is 0. The number of benzene rings is 11. The molecule has 0 amide bonds. The van der Waals surface area contributed by atoms with Crippen molar-refractivity contribution in [3.63, 3.8) is 0 Å². The highest BCUT2D eigenvalue weighted by Crippen LogP contribution is 2.44. The summed E-state index contributed by atoms with van der Waals surface area (Å²) in [7, 11) is 0. The summed E-state index contributed by atoms with van der Waals surface area (Å²) in [6.45, 7) is 0. The first-order valence-corrected chi connectivity index (χ1v) is 21.9. The van der Waals surface area contributed by atoms with Gasteiger partial charge < -0.3 is 9.32 Å². The van der Waals surface area contributed by atoms with Gasteiger partial charge in [-0.3, -0.25) is 0 Å². The lowest BCUT2D eigenvalue weighted by Crippen LogP contribution is -2.10. The Morgan fingerprint density at radius 2 is 0.688 bits per heavy atom. The highest BCUT2D eigenvalue weighted by molar-refractivity contribution is 6.13. The minimum absolute atomic E-state index is 0.899. The Morgan fingerprint density at radius 1 is 0.250 bits per heavy atom. The molecule has 0 radical (unpaired) electrons. The predicted molar refractivity (Wildman–Crippen MR) is 271 cm³/mol. The third kappa shape index (κ3) is 6.52. The third-order valence-electron chi connectivity index (χ3n) is 12.7. The zero-order valence-corrected chi connectivity index (χ0v) is 35.0. The van der Waals surface area contributed by atoms with Crippen molar-refractivity contribution in [2.45, 2.75) is 0 Å². The summed E-state index contributed by atoms with van der Waals surface area (Å²) in [5.41, 5.74) is 16.7. The summed E-state index contributed by atoms with van der Waals surface area (Å²) in [5, 5.41) is 7.11. The van der Waals surface area contributed by atoms with E-state index in [-0.39, 0.29) is 0 Å². The van der Waals surface area contributed by atoms with Crippen molar-refractivity contribution in [1.29, 1.82) is 0 Å². The summed E-state index contributed by atoms with van der Waals surface area (Å²) < 4.78 is 6.81. The molecule has 0 atom stereocenters. The lowest BCUT2D eigenvalue weighted by Gasteiger charge is -2.27. The first-order chi connectivity index (χ1) is 31.7. The second-order valence-electron chi connectivity index (χ2n) is 16.4. The number of rotatable bonds is 8. The lowest BCUT2D eigenvalue weighted by molar-refractivity contribution is 0.671. The Kier molecular flexibility index (Phi) is 9.20. The Balaban J connectivity index is 0.951. The van der Waals surface area contributed by atoms with Crippen molar-refractivity contribution in [2.24, 2.45) is 0 Å². The second kappa shape index (κ2) is 15.8. The van der Waals surface area contributed by atoms with Crippen LogP contribution in [-0.2, 0) is 0 Å². The Bertz CT molecular complexity index is 3630. The lowest BCUT2D eigenvalue weighted by atomic mass is 9.89. The van der Waals surface area contributed by atoms with E-state index in [0.717, 1.165) is 66.8 Å². The van der Waals surface area contributed by atoms with Gasteiger partial charge in [-0.15, -0.1) is 0 Å². The maximum absolute atomic E-state index is 6.81. The molecule has 0 fully saturated rings. The quantitative estimate of drug-likeness (QED) is 0.152. The fourth-order valence-corrected chi connectivity index (χ4v) is 9.59. The number of para-hydroxylation sites is 2. The summed E-state index contributed by atoms with van der Waals surface area (Å²) in [6, 6.07) is 89.5. The van der Waals surface area contributed by atoms with Crippen LogP contribution in [0.15, 0.2) is 253 Å². The Hall–Kier alpha value is -8.46. The predicted octanol–water partition coefficient (Wildman–Crippen LogP) is 17.7. The number of hydrogen-bond donors (Lipinski definition) is 0. The fraction of sp³-hybridized carbons (Fsp3) is 0. The largest absolute Gasteiger partial charge is 0.455 e. The van der Waals surface area contributed by atoms with Gasteiger partial charge in [-0.1, -0.05) is 212 Å². The molecule has 12 rings (SSSR count). The molecule has 1 heterocycles. The van der Waals surface area contributed by atoms with Crippen LogP contribution in [0.5, 0.6) is 0 Å². The molecule has 0 aliphatic rings. The van der Waals surface area contributed by atoms with Crippen molar-refractivity contribution >= 4 is 60.5 Å². The Morgan fingerprint density at radius 3 is 1.33 bits per heavy atom. The van der Waals surface area contributed by atoms with E-state index in [4.69, 9.17) is 4.42 Å². The van der Waals surface area contributed by atoms with Crippen LogP contribution < -0.4 is 4.90 Å². The van der Waals surface area contributed by atoms with Gasteiger partial charge in [0.2, 0.25) is 0 Å². The molecule has 0 N–H and O–H groups in total. The molecule has 12 aromatic rings. The molecule has 1 aromatic heterocycles. The number of nitrogens with zero attached hydrogens (tertiary/aromatic N) is 1. The van der Waals surface area contributed by atoms with Crippen LogP contribution in [0.4, 0.5) is 17.1 Å². The van der Waals surface area contributed by atoms with Crippen molar-refractivity contribution in [3.8, 4) is 55.6 Å². The van der Waals surface area contributed by atoms with Gasteiger partial charge in [-0.25, -0.2) is 0 Å². The van der Waals surface area contributed by atoms with Crippen LogP contribution >= 0.6 is 0 Å². The monoisotopic (exact) mass is 815 g/mol. The van der Waals surface area contributed by atoms with E-state index in [1.165, 1.54) is 49.4 Å². The molecule has 0 aliphatic carbocycles. The molecule has 300 valence electrons. The maximum atomic E-state index is 6.81. The average molecular weight is 816 g/mol. The van der Waals surface area contributed by atoms with E-state index < -0.39 is 0 Å². The first-order valence-electron chi connectivity index (χ1n) is 21.9. The minimum Gasteiger partial charge on any atom is -0.455 e. The van der Waals surface area contributed by atoms with E-state index in [1.54, 1.807) is 0 Å². The smallest absolute Gasteiger partial charge is 0.143 e. The minimum atomic E-state index is 0.899. The maximum Gasteiger partial charge on any atom is 0.143 e. The van der Waals surface area contributed by atoms with E-state index in [2.05, 4.69) is 254 Å². The molecule has 0 unspecified atom stereocenters. The van der Waals surface area contributed by atoms with Gasteiger partial charge in [-0.05, 0) is 97.1 Å². The summed E-state index contributed by atoms with van der Waals surface area (Å²) in [4.78, 5) is 2.38. The molecule has 0 aliphatic heterocycles. The summed E-state index contributed by atoms with van der Waals surface area (Å²) in [6.07, 6.45) is 0. The zero-order valence-electron chi connectivity index (χ0n) is 35.0. The number of fused-ring (bicyclic) bond motifs is 5. The van der Waals surface area contributed by atoms with Gasteiger partial charge >= 0.3 is 0 Å². The van der Waals surface area contributed by atoms with Crippen molar-refractivity contribution in [2.75, 3.05) is 4.90 Å². The van der Waals surface area contributed by atoms with Gasteiger partial charge in [0.15, 0.2) is 0 Å². The first kappa shape index (κ1) is 37.3. The molecule has 0 bridgehead atoms. The standard InChI is InChI=1S/C62H41NO/c1-3-15-43(16-4-1)52-40-35-48(41-59(52)56-27-11-21-44-19-7-9-23-51(44)56)42-31-36-49(37-32-42)63(60-30-12-22-45-20-8-10-24-53(45)60)50-38-33-47(34-39-50)55-26-14-29-58-57-28-13-25-54(61(57)64-62(55)58)46-17-5-2-6-18-46/h1-41H. The van der Waals surface area contributed by atoms with Crippen LogP contribution in [0, 0.1) is 0 Å². The van der Waals surface area contributed by atoms with E-state index in [9.17, 15) is 0 Å². The summed E-state index contributed by atoms with van der Waals surface area (Å²) in [5.74, 6) is 0. The van der Waals surface area contributed by atoms with Crippen molar-refractivity contribution in [3.05, 3.63) is 249 Å². The molecular formula is C62H41NO. The van der Waals surface area contributed by atoms with Gasteiger partial charge in [0.25, 0.3) is 0 Å². The van der Waals surface area contributed by atoms with Crippen LogP contribution in [-0.4, -0.2) is 0 Å². The second-order valence-corrected chi connectivity index (χ2v) is 16.4. The van der Waals surface area contributed by atoms with Gasteiger partial charge in [0.05, 0.1) is 5.69 Å². The topological polar surface area (TPSA) is 16.4 Å². The molecule has 11 aromatic carbocycles. The average Bonchev–Trinajstić information content (AvgIpc) is 3.77. The Labute approximate surface area is 372 Å². The zero-order chi connectivity index (χ0) is 42.4. The van der Waals surface area contributed by atoms with Crippen LogP contribution in [0.3, 0.4) is 0 Å². The molecular weight excluding hydrogens is 775 g/mol. The molecule has 64 heavy (non-hydrogen) atoms. The van der Waals surface area contributed by atoms with Crippen LogP contribution in [0.25, 0.3) is 99.1 Å². The number of furan rings is 1. The van der Waals surface area contributed by atoms with Crippen LogP contribution in [0.1, 0.15) is 0 Å². The van der Waals surface area contributed by atoms with E-state index >= 15 is 0 Å². The number of anilines is 3. The van der Waals surface area contributed by atoms with Gasteiger partial charge in [0.1, 0.15) is 11.2 Å².